The van der Waals surface area contributed by atoms with E-state index >= 15 is 0 Å². The molecule has 4 aliphatic heterocycles. The fraction of sp³-hybridized carbons (Fsp3) is 0.645. The number of hydrogen-bond donors (Lipinski definition) is 21. The first kappa shape index (κ1) is 90.0. The number of carboxylic acid groups (broad SMARTS) is 1. The van der Waals surface area contributed by atoms with Crippen molar-refractivity contribution in [2.45, 2.75) is 183 Å². The third kappa shape index (κ3) is 27.2. The van der Waals surface area contributed by atoms with Crippen molar-refractivity contribution >= 4 is 155 Å². The van der Waals surface area contributed by atoms with Crippen LogP contribution in [0.2, 0.25) is 0 Å². The van der Waals surface area contributed by atoms with Gasteiger partial charge in [-0.15, -0.1) is 0 Å². The second kappa shape index (κ2) is 43.6. The van der Waals surface area contributed by atoms with Crippen LogP contribution in [0.15, 0.2) is 12.5 Å². The fourth-order valence-corrected chi connectivity index (χ4v) is 16.1. The van der Waals surface area contributed by atoms with Gasteiger partial charge in [-0.25, -0.2) is 4.98 Å². The summed E-state index contributed by atoms with van der Waals surface area (Å²) in [7, 11) is 3.16. The van der Waals surface area contributed by atoms with E-state index in [4.69, 9.17) is 28.7 Å². The number of aliphatic carboxylic acids is 1. The number of fused-ring (bicyclic) bond motifs is 10. The number of aliphatic hydroxyl groups excluding tert-OH is 1. The molecule has 5 rings (SSSR count). The van der Waals surface area contributed by atoms with Gasteiger partial charge in [0.25, 0.3) is 0 Å². The minimum absolute atomic E-state index is 0.0451. The predicted molar refractivity (Wildman–Crippen MR) is 391 cm³/mol. The number of carbonyl (C=O) groups excluding carboxylic acids is 18. The third-order valence-electron chi connectivity index (χ3n) is 17.7. The molecule has 0 aromatic carbocycles. The Morgan fingerprint density at radius 3 is 1.54 bits per heavy atom. The highest BCUT2D eigenvalue weighted by molar-refractivity contribution is 8.77. The number of nitrogens with zero attached hydrogens (tertiary/aromatic N) is 3. The van der Waals surface area contributed by atoms with E-state index in [1.165, 1.54) is 40.2 Å². The van der Waals surface area contributed by atoms with Gasteiger partial charge < -0.3 is 123 Å². The normalized spacial score (nSPS) is 28.6. The van der Waals surface area contributed by atoms with Crippen LogP contribution in [-0.4, -0.2) is 289 Å². The molecule has 0 aliphatic carbocycles. The van der Waals surface area contributed by atoms with Gasteiger partial charge in [-0.05, 0) is 44.4 Å². The average Bonchev–Trinajstić information content (AvgIpc) is 1.72. The zero-order chi connectivity index (χ0) is 81.1. The van der Waals surface area contributed by atoms with Crippen molar-refractivity contribution in [1.82, 2.24) is 88.9 Å². The number of amides is 18. The molecule has 604 valence electrons. The smallest absolute Gasteiger partial charge is 0.305 e. The first-order valence-electron chi connectivity index (χ1n) is 34.6. The quantitative estimate of drug-likeness (QED) is 0.0684. The molecule has 2 bridgehead atoms. The molecule has 0 saturated carbocycles. The molecule has 1 aromatic heterocycles. The van der Waals surface area contributed by atoms with Crippen LogP contribution in [0.25, 0.3) is 0 Å². The lowest BCUT2D eigenvalue weighted by Gasteiger charge is -2.31. The Kier molecular flexibility index (Phi) is 36.0. The van der Waals surface area contributed by atoms with Crippen molar-refractivity contribution in [2.75, 3.05) is 55.8 Å². The van der Waals surface area contributed by atoms with E-state index in [-0.39, 0.29) is 51.6 Å². The number of aliphatic hydroxyl groups is 1. The summed E-state index contributed by atoms with van der Waals surface area (Å²) >= 11 is 0. The van der Waals surface area contributed by atoms with Crippen LogP contribution in [0.3, 0.4) is 0 Å². The van der Waals surface area contributed by atoms with Gasteiger partial charge in [0.2, 0.25) is 106 Å². The van der Waals surface area contributed by atoms with E-state index in [9.17, 15) is 101 Å². The number of nitrogens with one attached hydrogen (secondary N) is 14. The minimum atomic E-state index is -1.99. The summed E-state index contributed by atoms with van der Waals surface area (Å²) in [5.74, 6) is -25.0. The molecule has 4 fully saturated rings. The van der Waals surface area contributed by atoms with Gasteiger partial charge >= 0.3 is 5.97 Å². The summed E-state index contributed by atoms with van der Waals surface area (Å²) in [6.45, 7) is 4.42. The van der Waals surface area contributed by atoms with Crippen LogP contribution in [0, 0.1) is 11.8 Å². The van der Waals surface area contributed by atoms with Crippen molar-refractivity contribution in [3.05, 3.63) is 18.2 Å². The van der Waals surface area contributed by atoms with E-state index in [1.807, 2.05) is 0 Å². The van der Waals surface area contributed by atoms with E-state index in [0.717, 1.165) is 53.0 Å². The van der Waals surface area contributed by atoms with Gasteiger partial charge in [0.05, 0.1) is 38.7 Å². The topological polar surface area (TPSA) is 686 Å². The Morgan fingerprint density at radius 2 is 1.01 bits per heavy atom. The molecule has 43 nitrogen and oxygen atoms in total. The molecule has 1 aromatic rings. The number of aromatic nitrogens is 2. The zero-order valence-electron chi connectivity index (χ0n) is 60.2. The minimum Gasteiger partial charge on any atom is -0.481 e. The summed E-state index contributed by atoms with van der Waals surface area (Å²) < 4.78 is 0. The third-order valence-corrected chi connectivity index (χ3v) is 22.5. The number of primary amides is 3. The van der Waals surface area contributed by atoms with E-state index in [0.29, 0.717) is 5.69 Å². The number of nitrogens with two attached hydrogens (primary N) is 5. The van der Waals surface area contributed by atoms with Crippen molar-refractivity contribution in [2.24, 2.45) is 40.5 Å². The molecule has 4 saturated heterocycles. The number of carbonyl (C=O) groups is 19. The molecule has 4 aliphatic rings. The molecule has 5 heterocycles. The zero-order valence-corrected chi connectivity index (χ0v) is 63.5. The van der Waals surface area contributed by atoms with Crippen LogP contribution in [0.1, 0.15) is 91.7 Å². The highest BCUT2D eigenvalue weighted by Crippen LogP contribution is 2.27. The van der Waals surface area contributed by atoms with Crippen molar-refractivity contribution in [3.8, 4) is 0 Å². The summed E-state index contributed by atoms with van der Waals surface area (Å²) in [4.78, 5) is 274. The summed E-state index contributed by atoms with van der Waals surface area (Å²) in [6.07, 6.45) is -0.391. The summed E-state index contributed by atoms with van der Waals surface area (Å²) in [5.41, 5.74) is 28.9. The molecule has 47 heteroatoms. The predicted octanol–water partition coefficient (Wildman–Crippen LogP) is -10.6. The number of rotatable bonds is 16. The molecule has 0 radical (unpaired) electrons. The van der Waals surface area contributed by atoms with Crippen LogP contribution in [0.5, 0.6) is 0 Å². The van der Waals surface area contributed by atoms with Gasteiger partial charge in [0.15, 0.2) is 0 Å². The van der Waals surface area contributed by atoms with Gasteiger partial charge in [-0.2, -0.15) is 0 Å². The lowest BCUT2D eigenvalue weighted by molar-refractivity contribution is -0.145. The van der Waals surface area contributed by atoms with Gasteiger partial charge in [0, 0.05) is 61.0 Å². The van der Waals surface area contributed by atoms with E-state index in [2.05, 4.69) is 79.1 Å². The average molecular weight is 1610 g/mol. The molecular formula is C62H96N22O21S4. The largest absolute Gasteiger partial charge is 0.481 e. The van der Waals surface area contributed by atoms with Crippen molar-refractivity contribution in [3.63, 3.8) is 0 Å². The van der Waals surface area contributed by atoms with E-state index < -0.39 is 277 Å². The Hall–Kier alpha value is -9.58. The van der Waals surface area contributed by atoms with Gasteiger partial charge in [0.1, 0.15) is 90.6 Å². The molecule has 109 heavy (non-hydrogen) atoms. The molecular weight excluding hydrogens is 1520 g/mol. The Balaban J connectivity index is 1.65. The van der Waals surface area contributed by atoms with Crippen molar-refractivity contribution in [1.29, 1.82) is 0 Å². The Labute approximate surface area is 640 Å². The first-order chi connectivity index (χ1) is 51.5. The highest BCUT2D eigenvalue weighted by atomic mass is 33.1. The number of H-pyrrole nitrogens is 1. The summed E-state index contributed by atoms with van der Waals surface area (Å²) in [5, 5.41) is 52.1. The monoisotopic (exact) mass is 1610 g/mol. The van der Waals surface area contributed by atoms with Gasteiger partial charge in [-0.1, -0.05) is 77.3 Å². The molecule has 26 N–H and O–H groups in total. The number of hydrogen-bond acceptors (Lipinski definition) is 27. The maximum absolute atomic E-state index is 14.7. The molecule has 16 atom stereocenters. The summed E-state index contributed by atoms with van der Waals surface area (Å²) in [6, 6.07) is -25.4. The first-order valence-corrected chi connectivity index (χ1v) is 39.6. The van der Waals surface area contributed by atoms with Crippen LogP contribution in [-0.2, 0) is 97.5 Å². The fourth-order valence-electron chi connectivity index (χ4n) is 11.5. The van der Waals surface area contributed by atoms with Crippen LogP contribution >= 0.6 is 43.2 Å². The molecule has 0 spiro atoms. The Bertz CT molecular complexity index is 3530. The SMILES string of the molecule is CC[C@H](C)[C@@H]1NC(=O)[C@H](CC(=O)O)NC(=O)[C@@H]2CCCN2C(=O)[C@H](CC(N)=O)NC(=O)[C@H](CC(N)=O)NC(=O)[C@H](C(C)C)NC(=O)[C@H](CN)NC(=O)[C@@H]2CSSC[C@H](NC(=O)CN)C(=O)N[C@@H](CSSC[C@@H](C(N)=O)NC1=O)C(=O)N[C@@H](CO)C(=O)N[C@@H](Cc1cnc[nH]1)C(=O)N1CCC[C@H]1C(=O)N[C@@H](C)C(=O)N2. The van der Waals surface area contributed by atoms with Crippen LogP contribution < -0.4 is 97.8 Å². The number of imidazole rings is 1. The molecule has 0 unspecified atom stereocenters. The lowest BCUT2D eigenvalue weighted by atomic mass is 9.97. The lowest BCUT2D eigenvalue weighted by Crippen LogP contribution is -2.62. The number of aromatic amines is 1. The Morgan fingerprint density at radius 1 is 0.541 bits per heavy atom. The number of carboxylic acids is 1. The van der Waals surface area contributed by atoms with Crippen LogP contribution in [0.4, 0.5) is 0 Å². The molecule has 18 amide bonds. The van der Waals surface area contributed by atoms with Gasteiger partial charge in [-0.3, -0.25) is 91.1 Å². The highest BCUT2D eigenvalue weighted by Gasteiger charge is 2.44. The second-order valence-corrected chi connectivity index (χ2v) is 31.4. The maximum Gasteiger partial charge on any atom is 0.305 e. The maximum atomic E-state index is 14.7. The second-order valence-electron chi connectivity index (χ2n) is 26.3. The van der Waals surface area contributed by atoms with Crippen molar-refractivity contribution < 1.29 is 101 Å². The van der Waals surface area contributed by atoms with E-state index in [1.54, 1.807) is 6.92 Å². The standard InChI is InChI=1S/C62H96N22O21S4/c1-6-27(4)47-60(103)78-36(48(67)91)21-106-108-24-39-56(99)77-35(20-85)53(96)74-32(13-29-19-68-25-69-29)61(104)83-11-7-9-40(83)57(100)70-28(5)49(92)79-38(23-109-107-22-37(54(97)80-39)71-44(88)18-64)55(98)76-34(17-63)52(95)81-46(26(2)3)59(102)73-30(14-42(65)86)50(93)75-33(15-43(66)87)62(105)84-12-8-10-41(84)58(101)72-31(16-45(89)90)51(94)82-47/h19,25-28,30-41,46-47,85H,6-18,20-24,63-64H2,1-5H3,(H2,65,86)(H2,66,87)(H2,67,91)(H,68,69)(H,70,100)(H,71,88)(H,72,101)(H,73,102)(H,74,96)(H,75,93)(H,76,98)(H,77,99)(H,78,103)(H,79,92)(H,80,97)(H,81,95)(H,82,94)(H,89,90)/t27-,28-,30-,31-,32-,33-,34-,35-,36-,37-,38-,39-,40-,41-,46-,47-/m0/s1.